The maximum absolute atomic E-state index is 11.1. The van der Waals surface area contributed by atoms with Crippen LogP contribution in [-0.2, 0) is 9.53 Å². The van der Waals surface area contributed by atoms with E-state index in [0.29, 0.717) is 6.42 Å². The lowest BCUT2D eigenvalue weighted by atomic mass is 10.2. The third kappa shape index (κ3) is 9.34. The number of carbonyl (C=O) groups is 1. The highest BCUT2D eigenvalue weighted by molar-refractivity contribution is 5.75. The molecule has 3 heteroatoms. The molecular formula is C10H21NO2. The molecule has 0 aromatic carbocycles. The molecule has 0 atom stereocenters. The number of carbonyl (C=O) groups excluding carboxylic acids is 1. The molecule has 0 aliphatic rings. The molecule has 78 valence electrons. The summed E-state index contributed by atoms with van der Waals surface area (Å²) in [4.78, 5) is 11.1. The first kappa shape index (κ1) is 12.4. The largest absolute Gasteiger partial charge is 0.385 e. The highest BCUT2D eigenvalue weighted by Gasteiger charge is 1.98. The van der Waals surface area contributed by atoms with Gasteiger partial charge in [0.1, 0.15) is 0 Å². The van der Waals surface area contributed by atoms with Crippen LogP contribution in [0.5, 0.6) is 0 Å². The highest BCUT2D eigenvalue weighted by Crippen LogP contribution is 1.95. The molecule has 0 spiro atoms. The molecule has 0 radical (unpaired) electrons. The maximum Gasteiger partial charge on any atom is 0.219 e. The van der Waals surface area contributed by atoms with Crippen LogP contribution in [-0.4, -0.2) is 26.2 Å². The van der Waals surface area contributed by atoms with E-state index in [-0.39, 0.29) is 5.91 Å². The fourth-order valence-electron chi connectivity index (χ4n) is 1.02. The topological polar surface area (TPSA) is 38.3 Å². The van der Waals surface area contributed by atoms with Gasteiger partial charge in [-0.25, -0.2) is 0 Å². The van der Waals surface area contributed by atoms with Crippen molar-refractivity contribution in [3.05, 3.63) is 0 Å². The number of hydrogen-bond donors (Lipinski definition) is 1. The first-order valence-electron chi connectivity index (χ1n) is 5.07. The molecule has 0 bridgehead atoms. The Morgan fingerprint density at radius 1 is 1.31 bits per heavy atom. The Hall–Kier alpha value is -0.570. The minimum absolute atomic E-state index is 0.171. The van der Waals surface area contributed by atoms with E-state index in [4.69, 9.17) is 4.74 Å². The second-order valence-corrected chi connectivity index (χ2v) is 3.15. The third-order valence-electron chi connectivity index (χ3n) is 1.85. The Morgan fingerprint density at radius 3 is 2.69 bits per heavy atom. The van der Waals surface area contributed by atoms with Crippen molar-refractivity contribution in [2.45, 2.75) is 39.0 Å². The Kier molecular flexibility index (Phi) is 9.10. The predicted molar refractivity (Wildman–Crippen MR) is 53.6 cm³/mol. The van der Waals surface area contributed by atoms with Crippen LogP contribution in [0.3, 0.4) is 0 Å². The van der Waals surface area contributed by atoms with Crippen molar-refractivity contribution in [2.75, 3.05) is 20.3 Å². The summed E-state index contributed by atoms with van der Waals surface area (Å²) in [5.74, 6) is 0.171. The van der Waals surface area contributed by atoms with Crippen LogP contribution < -0.4 is 5.32 Å². The van der Waals surface area contributed by atoms with Crippen molar-refractivity contribution in [3.8, 4) is 0 Å². The number of amides is 1. The molecule has 0 rings (SSSR count). The molecule has 0 saturated heterocycles. The quantitative estimate of drug-likeness (QED) is 0.588. The highest BCUT2D eigenvalue weighted by atomic mass is 16.5. The van der Waals surface area contributed by atoms with Crippen molar-refractivity contribution >= 4 is 5.91 Å². The van der Waals surface area contributed by atoms with Crippen molar-refractivity contribution in [1.29, 1.82) is 0 Å². The standard InChI is InChI=1S/C10H21NO2/c1-3-4-8-11-10(12)7-5-6-9-13-2/h3-9H2,1-2H3,(H,11,12). The lowest BCUT2D eigenvalue weighted by molar-refractivity contribution is -0.121. The average molecular weight is 187 g/mol. The van der Waals surface area contributed by atoms with Gasteiger partial charge in [-0.3, -0.25) is 4.79 Å². The van der Waals surface area contributed by atoms with Crippen LogP contribution in [0.25, 0.3) is 0 Å². The Labute approximate surface area is 80.8 Å². The third-order valence-corrected chi connectivity index (χ3v) is 1.85. The minimum Gasteiger partial charge on any atom is -0.385 e. The number of nitrogens with one attached hydrogen (secondary N) is 1. The zero-order valence-electron chi connectivity index (χ0n) is 8.77. The molecule has 0 aromatic heterocycles. The lowest BCUT2D eigenvalue weighted by Gasteiger charge is -2.03. The SMILES string of the molecule is CCCCNC(=O)CCCCOC. The normalized spacial score (nSPS) is 10.0. The van der Waals surface area contributed by atoms with Crippen LogP contribution in [0.4, 0.5) is 0 Å². The molecule has 3 nitrogen and oxygen atoms in total. The Balaban J connectivity index is 3.11. The van der Waals surface area contributed by atoms with Gasteiger partial charge in [-0.15, -0.1) is 0 Å². The van der Waals surface area contributed by atoms with Crippen LogP contribution in [0.2, 0.25) is 0 Å². The molecule has 1 N–H and O–H groups in total. The summed E-state index contributed by atoms with van der Waals surface area (Å²) in [6, 6.07) is 0. The van der Waals surface area contributed by atoms with Gasteiger partial charge in [0.2, 0.25) is 5.91 Å². The molecule has 13 heavy (non-hydrogen) atoms. The van der Waals surface area contributed by atoms with Gasteiger partial charge >= 0.3 is 0 Å². The number of rotatable bonds is 8. The van der Waals surface area contributed by atoms with E-state index in [9.17, 15) is 4.79 Å². The van der Waals surface area contributed by atoms with Gasteiger partial charge in [0.05, 0.1) is 0 Å². The zero-order valence-corrected chi connectivity index (χ0v) is 8.77. The fourth-order valence-corrected chi connectivity index (χ4v) is 1.02. The van der Waals surface area contributed by atoms with E-state index in [1.54, 1.807) is 7.11 Å². The minimum atomic E-state index is 0.171. The lowest BCUT2D eigenvalue weighted by Crippen LogP contribution is -2.23. The Bertz CT molecular complexity index is 126. The monoisotopic (exact) mass is 187 g/mol. The molecule has 0 unspecified atom stereocenters. The smallest absolute Gasteiger partial charge is 0.219 e. The maximum atomic E-state index is 11.1. The van der Waals surface area contributed by atoms with E-state index >= 15 is 0 Å². The zero-order chi connectivity index (χ0) is 9.94. The van der Waals surface area contributed by atoms with Gasteiger partial charge < -0.3 is 10.1 Å². The molecule has 0 saturated carbocycles. The second-order valence-electron chi connectivity index (χ2n) is 3.15. The van der Waals surface area contributed by atoms with Crippen molar-refractivity contribution in [3.63, 3.8) is 0 Å². The number of hydrogen-bond acceptors (Lipinski definition) is 2. The fraction of sp³-hybridized carbons (Fsp3) is 0.900. The van der Waals surface area contributed by atoms with E-state index in [1.807, 2.05) is 0 Å². The summed E-state index contributed by atoms with van der Waals surface area (Å²) in [5, 5.41) is 2.88. The van der Waals surface area contributed by atoms with E-state index in [0.717, 1.165) is 38.8 Å². The van der Waals surface area contributed by atoms with E-state index < -0.39 is 0 Å². The molecule has 0 aliphatic carbocycles. The summed E-state index contributed by atoms with van der Waals surface area (Å²) >= 11 is 0. The van der Waals surface area contributed by atoms with Gasteiger partial charge in [-0.1, -0.05) is 13.3 Å². The predicted octanol–water partition coefficient (Wildman–Crippen LogP) is 1.72. The average Bonchev–Trinajstić information content (AvgIpc) is 2.13. The molecule has 0 heterocycles. The molecule has 0 aliphatic heterocycles. The first-order valence-corrected chi connectivity index (χ1v) is 5.07. The number of unbranched alkanes of at least 4 members (excludes halogenated alkanes) is 2. The van der Waals surface area contributed by atoms with Crippen LogP contribution >= 0.6 is 0 Å². The number of methoxy groups -OCH3 is 1. The van der Waals surface area contributed by atoms with Crippen molar-refractivity contribution in [1.82, 2.24) is 5.32 Å². The van der Waals surface area contributed by atoms with Gasteiger partial charge in [0.15, 0.2) is 0 Å². The van der Waals surface area contributed by atoms with Gasteiger partial charge in [0, 0.05) is 26.7 Å². The molecule has 0 fully saturated rings. The van der Waals surface area contributed by atoms with E-state index in [2.05, 4.69) is 12.2 Å². The second kappa shape index (κ2) is 9.52. The van der Waals surface area contributed by atoms with Gasteiger partial charge in [-0.05, 0) is 19.3 Å². The summed E-state index contributed by atoms with van der Waals surface area (Å²) < 4.78 is 4.89. The summed E-state index contributed by atoms with van der Waals surface area (Å²) in [5.41, 5.74) is 0. The summed E-state index contributed by atoms with van der Waals surface area (Å²) in [7, 11) is 1.68. The molecule has 1 amide bonds. The van der Waals surface area contributed by atoms with Crippen LogP contribution in [0, 0.1) is 0 Å². The van der Waals surface area contributed by atoms with Crippen LogP contribution in [0.1, 0.15) is 39.0 Å². The molecule has 0 aromatic rings. The summed E-state index contributed by atoms with van der Waals surface area (Å²) in [6.07, 6.45) is 4.73. The Morgan fingerprint density at radius 2 is 2.08 bits per heavy atom. The first-order chi connectivity index (χ1) is 6.31. The van der Waals surface area contributed by atoms with Crippen LogP contribution in [0.15, 0.2) is 0 Å². The van der Waals surface area contributed by atoms with Crippen molar-refractivity contribution in [2.24, 2.45) is 0 Å². The number of ether oxygens (including phenoxy) is 1. The van der Waals surface area contributed by atoms with Gasteiger partial charge in [-0.2, -0.15) is 0 Å². The van der Waals surface area contributed by atoms with E-state index in [1.165, 1.54) is 0 Å². The van der Waals surface area contributed by atoms with Gasteiger partial charge in [0.25, 0.3) is 0 Å². The van der Waals surface area contributed by atoms with Crippen molar-refractivity contribution < 1.29 is 9.53 Å². The summed E-state index contributed by atoms with van der Waals surface area (Å²) in [6.45, 7) is 3.69. The molecular weight excluding hydrogens is 166 g/mol.